The lowest BCUT2D eigenvalue weighted by Crippen LogP contribution is -2.19. The number of nitrogens with two attached hydrogens (primary N) is 1. The van der Waals surface area contributed by atoms with E-state index in [1.807, 2.05) is 0 Å². The van der Waals surface area contributed by atoms with Crippen LogP contribution in [0.3, 0.4) is 0 Å². The van der Waals surface area contributed by atoms with E-state index in [-0.39, 0.29) is 6.04 Å². The molecule has 0 amide bonds. The van der Waals surface area contributed by atoms with Crippen LogP contribution in [0.1, 0.15) is 25.7 Å². The summed E-state index contributed by atoms with van der Waals surface area (Å²) in [5.74, 6) is 1.11. The molecule has 60 valence electrons. The van der Waals surface area contributed by atoms with Gasteiger partial charge in [0.25, 0.3) is 0 Å². The molecule has 0 aliphatic rings. The van der Waals surface area contributed by atoms with Gasteiger partial charge in [-0.2, -0.15) is 0 Å². The summed E-state index contributed by atoms with van der Waals surface area (Å²) in [6.07, 6.45) is 3.43. The first kappa shape index (κ1) is 8.14. The Kier molecular flexibility index (Phi) is 2.54. The molecule has 1 aromatic heterocycles. The van der Waals surface area contributed by atoms with Gasteiger partial charge < -0.3 is 5.73 Å². The van der Waals surface area contributed by atoms with Crippen LogP contribution in [0.4, 0.5) is 0 Å². The Morgan fingerprint density at radius 3 is 2.27 bits per heavy atom. The molecule has 1 aromatic rings. The summed E-state index contributed by atoms with van der Waals surface area (Å²) in [7, 11) is 0. The summed E-state index contributed by atoms with van der Waals surface area (Å²) in [5, 5.41) is 0. The third kappa shape index (κ3) is 1.98. The van der Waals surface area contributed by atoms with Gasteiger partial charge >= 0.3 is 0 Å². The molecule has 0 radical (unpaired) electrons. The predicted molar refractivity (Wildman–Crippen MR) is 43.8 cm³/mol. The third-order valence-electron chi connectivity index (χ3n) is 1.60. The summed E-state index contributed by atoms with van der Waals surface area (Å²) in [6.45, 7) is 4.11. The van der Waals surface area contributed by atoms with Crippen molar-refractivity contribution in [3.05, 3.63) is 24.3 Å². The fraction of sp³-hybridized carbons (Fsp3) is 0.500. The van der Waals surface area contributed by atoms with Crippen molar-refractivity contribution < 1.29 is 0 Å². The van der Waals surface area contributed by atoms with Crippen molar-refractivity contribution in [1.29, 1.82) is 0 Å². The fourth-order valence-electron chi connectivity index (χ4n) is 0.781. The first-order valence-electron chi connectivity index (χ1n) is 3.74. The normalized spacial score (nSPS) is 13.5. The maximum absolute atomic E-state index is 5.81. The van der Waals surface area contributed by atoms with Crippen molar-refractivity contribution in [3.8, 4) is 0 Å². The van der Waals surface area contributed by atoms with E-state index in [1.54, 1.807) is 18.5 Å². The molecule has 1 rings (SSSR count). The van der Waals surface area contributed by atoms with E-state index < -0.39 is 0 Å². The van der Waals surface area contributed by atoms with E-state index in [1.165, 1.54) is 0 Å². The Hall–Kier alpha value is -0.960. The van der Waals surface area contributed by atoms with Gasteiger partial charge in [-0.3, -0.25) is 0 Å². The van der Waals surface area contributed by atoms with Gasteiger partial charge in [0.15, 0.2) is 0 Å². The van der Waals surface area contributed by atoms with Crippen LogP contribution >= 0.6 is 0 Å². The van der Waals surface area contributed by atoms with E-state index in [2.05, 4.69) is 23.8 Å². The lowest BCUT2D eigenvalue weighted by Gasteiger charge is -2.12. The number of rotatable bonds is 2. The minimum absolute atomic E-state index is 0.0452. The second-order valence-corrected chi connectivity index (χ2v) is 2.88. The second kappa shape index (κ2) is 3.44. The topological polar surface area (TPSA) is 51.8 Å². The van der Waals surface area contributed by atoms with Gasteiger partial charge in [-0.25, -0.2) is 9.97 Å². The van der Waals surface area contributed by atoms with Gasteiger partial charge in [-0.15, -0.1) is 0 Å². The standard InChI is InChI=1S/C8H13N3/c1-6(2)7(9)8-10-4-3-5-11-8/h3-7H,9H2,1-2H3/t7-/m0/s1. The number of hydrogen-bond acceptors (Lipinski definition) is 3. The van der Waals surface area contributed by atoms with E-state index in [4.69, 9.17) is 5.73 Å². The summed E-state index contributed by atoms with van der Waals surface area (Å²) in [5.41, 5.74) is 5.81. The van der Waals surface area contributed by atoms with Crippen LogP contribution < -0.4 is 5.73 Å². The van der Waals surface area contributed by atoms with Crippen LogP contribution in [0.5, 0.6) is 0 Å². The molecule has 2 N–H and O–H groups in total. The molecule has 1 heterocycles. The van der Waals surface area contributed by atoms with Gasteiger partial charge in [0.2, 0.25) is 0 Å². The molecule has 0 bridgehead atoms. The number of nitrogens with zero attached hydrogens (tertiary/aromatic N) is 2. The van der Waals surface area contributed by atoms with E-state index in [0.717, 1.165) is 5.82 Å². The van der Waals surface area contributed by atoms with Gasteiger partial charge in [-0.05, 0) is 12.0 Å². The maximum Gasteiger partial charge on any atom is 0.145 e. The summed E-state index contributed by atoms with van der Waals surface area (Å²) >= 11 is 0. The zero-order valence-electron chi connectivity index (χ0n) is 6.86. The molecule has 0 unspecified atom stereocenters. The van der Waals surface area contributed by atoms with Crippen LogP contribution in [0.15, 0.2) is 18.5 Å². The zero-order valence-corrected chi connectivity index (χ0v) is 6.86. The van der Waals surface area contributed by atoms with Gasteiger partial charge in [0, 0.05) is 12.4 Å². The highest BCUT2D eigenvalue weighted by Crippen LogP contribution is 2.12. The lowest BCUT2D eigenvalue weighted by atomic mass is 10.1. The molecule has 0 aromatic carbocycles. The van der Waals surface area contributed by atoms with Crippen molar-refractivity contribution in [2.24, 2.45) is 11.7 Å². The molecule has 3 heteroatoms. The summed E-state index contributed by atoms with van der Waals surface area (Å²) < 4.78 is 0. The molecule has 0 saturated heterocycles. The highest BCUT2D eigenvalue weighted by Gasteiger charge is 2.11. The average molecular weight is 151 g/mol. The molecular formula is C8H13N3. The van der Waals surface area contributed by atoms with Crippen molar-refractivity contribution in [2.45, 2.75) is 19.9 Å². The highest BCUT2D eigenvalue weighted by atomic mass is 14.9. The number of hydrogen-bond donors (Lipinski definition) is 1. The smallest absolute Gasteiger partial charge is 0.145 e. The Balaban J connectivity index is 2.77. The molecular weight excluding hydrogens is 138 g/mol. The van der Waals surface area contributed by atoms with E-state index >= 15 is 0 Å². The SMILES string of the molecule is CC(C)[C@H](N)c1ncccn1. The second-order valence-electron chi connectivity index (χ2n) is 2.88. The molecule has 0 aliphatic heterocycles. The minimum atomic E-state index is -0.0452. The van der Waals surface area contributed by atoms with E-state index in [9.17, 15) is 0 Å². The fourth-order valence-corrected chi connectivity index (χ4v) is 0.781. The first-order valence-corrected chi connectivity index (χ1v) is 3.74. The van der Waals surface area contributed by atoms with Gasteiger partial charge in [-0.1, -0.05) is 13.8 Å². The molecule has 0 saturated carbocycles. The van der Waals surface area contributed by atoms with Crippen molar-refractivity contribution >= 4 is 0 Å². The highest BCUT2D eigenvalue weighted by molar-refractivity contribution is 4.95. The van der Waals surface area contributed by atoms with Crippen LogP contribution in [0.25, 0.3) is 0 Å². The quantitative estimate of drug-likeness (QED) is 0.689. The largest absolute Gasteiger partial charge is 0.321 e. The van der Waals surface area contributed by atoms with Crippen molar-refractivity contribution in [2.75, 3.05) is 0 Å². The molecule has 1 atom stereocenters. The zero-order chi connectivity index (χ0) is 8.27. The number of aromatic nitrogens is 2. The van der Waals surface area contributed by atoms with Gasteiger partial charge in [0.05, 0.1) is 6.04 Å². The van der Waals surface area contributed by atoms with Crippen LogP contribution in [0.2, 0.25) is 0 Å². The van der Waals surface area contributed by atoms with Crippen molar-refractivity contribution in [1.82, 2.24) is 9.97 Å². The van der Waals surface area contributed by atoms with Crippen LogP contribution in [0, 0.1) is 5.92 Å². The molecule has 0 fully saturated rings. The molecule has 11 heavy (non-hydrogen) atoms. The monoisotopic (exact) mass is 151 g/mol. The van der Waals surface area contributed by atoms with Crippen LogP contribution in [-0.2, 0) is 0 Å². The molecule has 0 aliphatic carbocycles. The summed E-state index contributed by atoms with van der Waals surface area (Å²) in [6, 6.07) is 1.74. The van der Waals surface area contributed by atoms with E-state index in [0.29, 0.717) is 5.92 Å². The Labute approximate surface area is 66.7 Å². The van der Waals surface area contributed by atoms with Crippen molar-refractivity contribution in [3.63, 3.8) is 0 Å². The third-order valence-corrected chi connectivity index (χ3v) is 1.60. The lowest BCUT2D eigenvalue weighted by molar-refractivity contribution is 0.490. The Bertz CT molecular complexity index is 208. The van der Waals surface area contributed by atoms with Crippen LogP contribution in [-0.4, -0.2) is 9.97 Å². The predicted octanol–water partition coefficient (Wildman–Crippen LogP) is 1.13. The maximum atomic E-state index is 5.81. The Morgan fingerprint density at radius 1 is 1.27 bits per heavy atom. The van der Waals surface area contributed by atoms with Gasteiger partial charge in [0.1, 0.15) is 5.82 Å². The average Bonchev–Trinajstić information content (AvgIpc) is 2.05. The summed E-state index contributed by atoms with van der Waals surface area (Å²) in [4.78, 5) is 8.13. The minimum Gasteiger partial charge on any atom is -0.321 e. The Morgan fingerprint density at radius 2 is 1.82 bits per heavy atom. The molecule has 0 spiro atoms. The first-order chi connectivity index (χ1) is 5.22. The molecule has 3 nitrogen and oxygen atoms in total.